The summed E-state index contributed by atoms with van der Waals surface area (Å²) in [5, 5.41) is 15.8. The lowest BCUT2D eigenvalue weighted by Crippen LogP contribution is -2.59. The van der Waals surface area contributed by atoms with Gasteiger partial charge in [0.05, 0.1) is 22.2 Å². The summed E-state index contributed by atoms with van der Waals surface area (Å²) in [5.74, 6) is -1.31. The molecular formula is C16H17ClFN3O5S. The number of hydrogen-bond acceptors (Lipinski definition) is 7. The molecule has 1 amide bonds. The van der Waals surface area contributed by atoms with E-state index < -0.39 is 27.1 Å². The summed E-state index contributed by atoms with van der Waals surface area (Å²) < 4.78 is 42.1. The van der Waals surface area contributed by atoms with Crippen LogP contribution in [0, 0.1) is 5.82 Å². The van der Waals surface area contributed by atoms with E-state index in [4.69, 9.17) is 21.3 Å². The van der Waals surface area contributed by atoms with Crippen LogP contribution < -0.4 is 10.8 Å². The van der Waals surface area contributed by atoms with Crippen molar-refractivity contribution in [2.75, 3.05) is 11.5 Å². The number of hydrogen-bond donors (Lipinski definition) is 3. The molecule has 0 atom stereocenters. The monoisotopic (exact) mass is 417 g/mol. The minimum atomic E-state index is -3.20. The van der Waals surface area contributed by atoms with Gasteiger partial charge in [0.1, 0.15) is 21.2 Å². The molecule has 0 saturated carbocycles. The zero-order valence-electron chi connectivity index (χ0n) is 14.0. The largest absolute Gasteiger partial charge is 0.356 e. The summed E-state index contributed by atoms with van der Waals surface area (Å²) in [6.07, 6.45) is 0.0453. The molecular weight excluding hydrogens is 401 g/mol. The number of nitrogens with zero attached hydrogens (tertiary/aromatic N) is 1. The summed E-state index contributed by atoms with van der Waals surface area (Å²) in [7, 11) is -3.20. The van der Waals surface area contributed by atoms with E-state index in [1.165, 1.54) is 12.1 Å². The van der Waals surface area contributed by atoms with Crippen molar-refractivity contribution in [3.63, 3.8) is 0 Å². The first-order valence-electron chi connectivity index (χ1n) is 8.06. The Labute approximate surface area is 159 Å². The minimum absolute atomic E-state index is 0.00985. The van der Waals surface area contributed by atoms with Crippen LogP contribution in [0.25, 0.3) is 11.3 Å². The van der Waals surface area contributed by atoms with Crippen LogP contribution >= 0.6 is 11.6 Å². The van der Waals surface area contributed by atoms with Gasteiger partial charge in [-0.1, -0.05) is 16.8 Å². The second kappa shape index (κ2) is 7.55. The van der Waals surface area contributed by atoms with Crippen LogP contribution in [0.4, 0.5) is 4.39 Å². The summed E-state index contributed by atoms with van der Waals surface area (Å²) in [5.41, 5.74) is 1.23. The van der Waals surface area contributed by atoms with Gasteiger partial charge in [-0.15, -0.1) is 0 Å². The van der Waals surface area contributed by atoms with Gasteiger partial charge in [0.2, 0.25) is 0 Å². The highest BCUT2D eigenvalue weighted by atomic mass is 35.5. The van der Waals surface area contributed by atoms with E-state index >= 15 is 0 Å². The van der Waals surface area contributed by atoms with E-state index in [0.717, 1.165) is 0 Å². The molecule has 0 spiro atoms. The van der Waals surface area contributed by atoms with E-state index in [-0.39, 0.29) is 35.9 Å². The minimum Gasteiger partial charge on any atom is -0.356 e. The molecule has 2 heterocycles. The molecule has 27 heavy (non-hydrogen) atoms. The fourth-order valence-corrected chi connectivity index (χ4v) is 4.56. The number of sulfone groups is 1. The van der Waals surface area contributed by atoms with E-state index in [1.54, 1.807) is 17.6 Å². The van der Waals surface area contributed by atoms with Crippen molar-refractivity contribution in [2.45, 2.75) is 24.9 Å². The molecule has 2 aromatic rings. The fourth-order valence-electron chi connectivity index (χ4n) is 2.92. The van der Waals surface area contributed by atoms with Crippen LogP contribution in [0.5, 0.6) is 0 Å². The lowest BCUT2D eigenvalue weighted by atomic mass is 9.91. The smallest absolute Gasteiger partial charge is 0.263 e. The van der Waals surface area contributed by atoms with Crippen molar-refractivity contribution in [1.82, 2.24) is 16.0 Å². The highest BCUT2D eigenvalue weighted by Gasteiger charge is 2.43. The van der Waals surface area contributed by atoms with Gasteiger partial charge in [-0.25, -0.2) is 18.3 Å². The molecule has 1 aromatic heterocycles. The van der Waals surface area contributed by atoms with Crippen LogP contribution in [-0.2, 0) is 21.2 Å². The van der Waals surface area contributed by atoms with Crippen molar-refractivity contribution >= 4 is 27.3 Å². The number of halogens is 2. The number of carbonyl (C=O) groups excluding carboxylic acids is 1. The van der Waals surface area contributed by atoms with E-state index in [0.29, 0.717) is 17.0 Å². The number of nitrogens with one attached hydrogen (secondary N) is 2. The molecule has 1 saturated heterocycles. The SMILES string of the molecule is O=C(NO)C1(NCc2cc(-c3ccc(Cl)c(F)c3)on2)CCS(=O)(=O)CC1. The summed E-state index contributed by atoms with van der Waals surface area (Å²) in [6.45, 7) is 0.0903. The van der Waals surface area contributed by atoms with Crippen molar-refractivity contribution in [1.29, 1.82) is 0 Å². The number of rotatable bonds is 5. The van der Waals surface area contributed by atoms with Gasteiger partial charge < -0.3 is 4.52 Å². The maximum atomic E-state index is 13.6. The standard InChI is InChI=1S/C16H17ClFN3O5S/c17-12-2-1-10(7-13(12)18)14-8-11(21-26-14)9-19-16(15(22)20-23)3-5-27(24,25)6-4-16/h1-2,7-8,19,23H,3-6,9H2,(H,20,22). The number of amides is 1. The van der Waals surface area contributed by atoms with Crippen LogP contribution in [0.1, 0.15) is 18.5 Å². The summed E-state index contributed by atoms with van der Waals surface area (Å²) in [6, 6.07) is 5.76. The third-order valence-corrected chi connectivity index (χ3v) is 6.55. The normalized spacial score (nSPS) is 18.2. The Morgan fingerprint density at radius 2 is 2.04 bits per heavy atom. The predicted octanol–water partition coefficient (Wildman–Crippen LogP) is 1.68. The van der Waals surface area contributed by atoms with Gasteiger partial charge in [-0.3, -0.25) is 15.3 Å². The Morgan fingerprint density at radius 1 is 1.33 bits per heavy atom. The third kappa shape index (κ3) is 4.29. The maximum Gasteiger partial charge on any atom is 0.263 e. The van der Waals surface area contributed by atoms with Gasteiger partial charge in [0, 0.05) is 18.2 Å². The Kier molecular flexibility index (Phi) is 5.52. The lowest BCUT2D eigenvalue weighted by molar-refractivity contribution is -0.136. The van der Waals surface area contributed by atoms with Crippen molar-refractivity contribution in [3.8, 4) is 11.3 Å². The summed E-state index contributed by atoms with van der Waals surface area (Å²) >= 11 is 5.66. The molecule has 0 radical (unpaired) electrons. The Balaban J connectivity index is 1.74. The lowest BCUT2D eigenvalue weighted by Gasteiger charge is -2.35. The van der Waals surface area contributed by atoms with Gasteiger partial charge in [-0.05, 0) is 31.0 Å². The van der Waals surface area contributed by atoms with Crippen molar-refractivity contribution < 1.29 is 27.3 Å². The predicted molar refractivity (Wildman–Crippen MR) is 94.3 cm³/mol. The molecule has 1 fully saturated rings. The molecule has 1 aliphatic heterocycles. The number of carbonyl (C=O) groups is 1. The first-order chi connectivity index (χ1) is 12.7. The molecule has 1 aromatic carbocycles. The summed E-state index contributed by atoms with van der Waals surface area (Å²) in [4.78, 5) is 12.1. The van der Waals surface area contributed by atoms with Gasteiger partial charge in [-0.2, -0.15) is 0 Å². The molecule has 1 aliphatic rings. The molecule has 146 valence electrons. The number of benzene rings is 1. The Hall–Kier alpha value is -2.01. The van der Waals surface area contributed by atoms with Crippen LogP contribution in [-0.4, -0.2) is 41.7 Å². The van der Waals surface area contributed by atoms with Crippen molar-refractivity contribution in [3.05, 3.63) is 40.8 Å². The molecule has 0 bridgehead atoms. The zero-order chi connectivity index (χ0) is 19.7. The highest BCUT2D eigenvalue weighted by molar-refractivity contribution is 7.91. The topological polar surface area (TPSA) is 122 Å². The van der Waals surface area contributed by atoms with Crippen LogP contribution in [0.3, 0.4) is 0 Å². The molecule has 3 rings (SSSR count). The average Bonchev–Trinajstić information content (AvgIpc) is 3.12. The molecule has 11 heteroatoms. The van der Waals surface area contributed by atoms with Crippen LogP contribution in [0.15, 0.2) is 28.8 Å². The highest BCUT2D eigenvalue weighted by Crippen LogP contribution is 2.27. The zero-order valence-corrected chi connectivity index (χ0v) is 15.6. The van der Waals surface area contributed by atoms with Gasteiger partial charge in [0.15, 0.2) is 5.76 Å². The van der Waals surface area contributed by atoms with E-state index in [1.807, 2.05) is 0 Å². The van der Waals surface area contributed by atoms with Crippen LogP contribution in [0.2, 0.25) is 5.02 Å². The first kappa shape index (κ1) is 19.7. The first-order valence-corrected chi connectivity index (χ1v) is 10.3. The number of hydroxylamine groups is 1. The second-order valence-electron chi connectivity index (χ2n) is 6.34. The quantitative estimate of drug-likeness (QED) is 0.499. The van der Waals surface area contributed by atoms with Crippen molar-refractivity contribution in [2.24, 2.45) is 0 Å². The van der Waals surface area contributed by atoms with Gasteiger partial charge in [0.25, 0.3) is 5.91 Å². The molecule has 0 unspecified atom stereocenters. The Bertz CT molecular complexity index is 949. The van der Waals surface area contributed by atoms with Gasteiger partial charge >= 0.3 is 0 Å². The maximum absolute atomic E-state index is 13.6. The molecule has 8 nitrogen and oxygen atoms in total. The Morgan fingerprint density at radius 3 is 2.67 bits per heavy atom. The third-order valence-electron chi connectivity index (χ3n) is 4.59. The fraction of sp³-hybridized carbons (Fsp3) is 0.375. The van der Waals surface area contributed by atoms with E-state index in [9.17, 15) is 17.6 Å². The second-order valence-corrected chi connectivity index (χ2v) is 9.05. The molecule has 0 aliphatic carbocycles. The number of aromatic nitrogens is 1. The molecule has 3 N–H and O–H groups in total. The average molecular weight is 418 g/mol. The van der Waals surface area contributed by atoms with E-state index in [2.05, 4.69) is 10.5 Å².